The second kappa shape index (κ2) is 26.9. The molecule has 0 aliphatic rings. The number of azo groups is 1. The fourth-order valence-corrected chi connectivity index (χ4v) is 5.16. The number of nitro benzene ring substituents is 1. The molecule has 2 rings (SSSR count). The number of hydrogen-bond acceptors (Lipinski definition) is 22. The summed E-state index contributed by atoms with van der Waals surface area (Å²) < 4.78 is 83.9. The average molecular weight is 789 g/mol. The quantitative estimate of drug-likeness (QED) is 0.0116. The maximum Gasteiger partial charge on any atom is 1.00 e. The van der Waals surface area contributed by atoms with Crippen molar-refractivity contribution in [2.45, 2.75) is 11.8 Å². The Balaban J connectivity index is 0. The monoisotopic (exact) mass is 788 g/mol. The second-order valence-corrected chi connectivity index (χ2v) is 12.0. The van der Waals surface area contributed by atoms with Crippen LogP contribution in [-0.4, -0.2) is 71.6 Å². The van der Waals surface area contributed by atoms with Crippen molar-refractivity contribution in [3.05, 3.63) is 46.5 Å². The molecule has 0 spiro atoms. The van der Waals surface area contributed by atoms with Gasteiger partial charge in [0.05, 0.1) is 53.4 Å². The molecule has 2 aromatic rings. The summed E-state index contributed by atoms with van der Waals surface area (Å²) in [5.74, 6) is -0.648. The van der Waals surface area contributed by atoms with Crippen LogP contribution in [0.15, 0.2) is 51.5 Å². The predicted octanol–water partition coefficient (Wildman–Crippen LogP) is -7.92. The Morgan fingerprint density at radius 3 is 1.92 bits per heavy atom. The fraction of sp³-hybridized carbons (Fsp3) is 0.400. The minimum atomic E-state index is -5.06. The van der Waals surface area contributed by atoms with Gasteiger partial charge >= 0.3 is 88.7 Å². The first-order valence-electron chi connectivity index (χ1n) is 12.0. The van der Waals surface area contributed by atoms with Crippen LogP contribution in [0.1, 0.15) is 6.92 Å². The first-order valence-corrected chi connectivity index (χ1v) is 16.3. The van der Waals surface area contributed by atoms with Crippen LogP contribution in [0, 0.1) is 10.1 Å². The number of anilines is 1. The topological polar surface area (TPSA) is 282 Å². The number of ether oxygens (including phenoxy) is 1. The van der Waals surface area contributed by atoms with Gasteiger partial charge in [0.25, 0.3) is 5.69 Å². The van der Waals surface area contributed by atoms with Crippen molar-refractivity contribution < 1.29 is 162 Å². The van der Waals surface area contributed by atoms with Crippen molar-refractivity contribution in [3.8, 4) is 5.75 Å². The summed E-state index contributed by atoms with van der Waals surface area (Å²) in [5.41, 5.74) is -0.412. The van der Waals surface area contributed by atoms with E-state index >= 15 is 0 Å². The van der Waals surface area contributed by atoms with Crippen molar-refractivity contribution >= 4 is 67.6 Å². The summed E-state index contributed by atoms with van der Waals surface area (Å²) in [4.78, 5) is 12.6. The van der Waals surface area contributed by atoms with E-state index in [-0.39, 0.29) is 174 Å². The van der Waals surface area contributed by atoms with Gasteiger partial charge in [0, 0.05) is 25.2 Å². The van der Waals surface area contributed by atoms with Gasteiger partial charge in [-0.25, -0.2) is 16.8 Å². The molecule has 0 amide bonds. The zero-order valence-electron chi connectivity index (χ0n) is 25.8. The van der Waals surface area contributed by atoms with Crippen LogP contribution in [0.3, 0.4) is 0 Å². The van der Waals surface area contributed by atoms with E-state index in [1.54, 1.807) is 11.8 Å². The summed E-state index contributed by atoms with van der Waals surface area (Å²) >= 11 is 0.508. The number of hydrogen-bond donors (Lipinski definition) is 0. The maximum absolute atomic E-state index is 12.3. The van der Waals surface area contributed by atoms with Crippen LogP contribution in [-0.2, 0) is 51.5 Å². The van der Waals surface area contributed by atoms with E-state index in [0.29, 0.717) is 0 Å². The van der Waals surface area contributed by atoms with Gasteiger partial charge in [0.15, 0.2) is 40.2 Å². The van der Waals surface area contributed by atoms with Crippen molar-refractivity contribution in [3.63, 3.8) is 0 Å². The molecular weight excluding hydrogens is 765 g/mol. The molecule has 0 aliphatic heterocycles. The number of benzene rings is 2. The smallest absolute Gasteiger partial charge is 0.726 e. The molecular formula is C20H23N4Na3O17S4. The van der Waals surface area contributed by atoms with E-state index in [9.17, 15) is 42.0 Å². The number of rotatable bonds is 23. The van der Waals surface area contributed by atoms with Gasteiger partial charge in [0.1, 0.15) is 5.75 Å². The van der Waals surface area contributed by atoms with Crippen LogP contribution in [0.2, 0.25) is 0 Å². The van der Waals surface area contributed by atoms with E-state index in [1.807, 2.05) is 0 Å². The molecule has 0 radical (unpaired) electrons. The van der Waals surface area contributed by atoms with Gasteiger partial charge in [-0.05, 0) is 31.2 Å². The molecule has 0 saturated heterocycles. The molecule has 48 heavy (non-hydrogen) atoms. The van der Waals surface area contributed by atoms with Crippen LogP contribution < -0.4 is 109 Å². The minimum Gasteiger partial charge on any atom is -0.726 e. The van der Waals surface area contributed by atoms with Crippen LogP contribution in [0.4, 0.5) is 22.7 Å². The minimum absolute atomic E-state index is 0. The molecule has 252 valence electrons. The molecule has 0 aromatic heterocycles. The molecule has 0 aliphatic carbocycles. The third-order valence-electron chi connectivity index (χ3n) is 5.04. The third kappa shape index (κ3) is 19.2. The predicted molar refractivity (Wildman–Crippen MR) is 146 cm³/mol. The largest absolute Gasteiger partial charge is 1.00 e. The van der Waals surface area contributed by atoms with Crippen molar-refractivity contribution in [1.82, 2.24) is 0 Å². The SMILES string of the molecule is CCOc1cc(N=Nc2ccc(S(=O)(=O)CCOS(=O)(=O)[O-])cc2)c([N+](=O)[O-])cc1N(CCOSOO[O-])CCOSOO[O-].[Na+].[Na+].[Na+]. The summed E-state index contributed by atoms with van der Waals surface area (Å²) in [6.45, 7) is 0.861. The van der Waals surface area contributed by atoms with Crippen molar-refractivity contribution in [2.75, 3.05) is 50.2 Å². The summed E-state index contributed by atoms with van der Waals surface area (Å²) in [5, 5.41) is 46.1. The Bertz CT molecular complexity index is 1460. The number of nitrogens with zero attached hydrogens (tertiary/aromatic N) is 4. The first kappa shape index (κ1) is 50.3. The molecule has 0 heterocycles. The van der Waals surface area contributed by atoms with Gasteiger partial charge in [-0.15, -0.1) is 13.8 Å². The molecule has 2 aromatic carbocycles. The van der Waals surface area contributed by atoms with Gasteiger partial charge < -0.3 is 24.7 Å². The maximum atomic E-state index is 12.3. The van der Waals surface area contributed by atoms with Crippen LogP contribution in [0.5, 0.6) is 5.75 Å². The number of sulfone groups is 1. The Kier molecular flexibility index (Phi) is 28.3. The van der Waals surface area contributed by atoms with Crippen LogP contribution in [0.25, 0.3) is 0 Å². The Hall–Kier alpha value is 0.240. The van der Waals surface area contributed by atoms with E-state index < -0.39 is 43.2 Å². The molecule has 21 nitrogen and oxygen atoms in total. The zero-order valence-corrected chi connectivity index (χ0v) is 35.0. The molecule has 0 unspecified atom stereocenters. The average Bonchev–Trinajstić information content (AvgIpc) is 2.98. The van der Waals surface area contributed by atoms with Crippen LogP contribution >= 0.6 is 24.6 Å². The molecule has 28 heteroatoms. The summed E-state index contributed by atoms with van der Waals surface area (Å²) in [6, 6.07) is 7.18. The summed E-state index contributed by atoms with van der Waals surface area (Å²) in [6.07, 6.45) is 0. The van der Waals surface area contributed by atoms with E-state index in [4.69, 9.17) is 13.1 Å². The summed E-state index contributed by atoms with van der Waals surface area (Å²) in [7, 11) is -9.08. The zero-order chi connectivity index (χ0) is 33.3. The molecule has 0 fully saturated rings. The van der Waals surface area contributed by atoms with Gasteiger partial charge in [-0.3, -0.25) is 32.7 Å². The van der Waals surface area contributed by atoms with Gasteiger partial charge in [0.2, 0.25) is 10.4 Å². The van der Waals surface area contributed by atoms with E-state index in [2.05, 4.69) is 33.2 Å². The van der Waals surface area contributed by atoms with Crippen molar-refractivity contribution in [1.29, 1.82) is 0 Å². The van der Waals surface area contributed by atoms with Crippen molar-refractivity contribution in [2.24, 2.45) is 10.2 Å². The molecule has 0 N–H and O–H groups in total. The molecule has 0 bridgehead atoms. The first-order chi connectivity index (χ1) is 21.4. The second-order valence-electron chi connectivity index (χ2n) is 7.78. The standard InChI is InChI=1S/C20H26N4O17S4.3Na/c1-2-34-20-13-17(22-21-15-3-5-16(6-4-15)44(29,30)12-11-37-45(31,32)33)18(24(25)26)14-19(20)23(7-9-35-42-40-38-27)8-10-36-43-41-39-28;;;/h3-6,13-14,27-28H,2,7-12H2,1H3,(H,31,32,33);;;/q;3*+1/p-3. The normalized spacial score (nSPS) is 11.3. The van der Waals surface area contributed by atoms with E-state index in [1.165, 1.54) is 18.2 Å². The fourth-order valence-electron chi connectivity index (χ4n) is 3.26. The Morgan fingerprint density at radius 1 is 0.875 bits per heavy atom. The third-order valence-corrected chi connectivity index (χ3v) is 7.94. The van der Waals surface area contributed by atoms with E-state index in [0.717, 1.165) is 18.2 Å². The Labute approximate surface area is 349 Å². The Morgan fingerprint density at radius 2 is 1.44 bits per heavy atom. The number of nitro groups is 1. The van der Waals surface area contributed by atoms with Gasteiger partial charge in [-0.1, -0.05) is 0 Å². The molecule has 0 atom stereocenters. The molecule has 0 saturated carbocycles. The van der Waals surface area contributed by atoms with Gasteiger partial charge in [-0.2, -0.15) is 5.11 Å².